The summed E-state index contributed by atoms with van der Waals surface area (Å²) in [5.74, 6) is -1.46. The first-order valence-electron chi connectivity index (χ1n) is 10.9. The molecule has 3 heterocycles. The zero-order valence-electron chi connectivity index (χ0n) is 19.3. The lowest BCUT2D eigenvalue weighted by atomic mass is 9.88. The maximum atomic E-state index is 14.8. The molecule has 11 nitrogen and oxygen atoms in total. The van der Waals surface area contributed by atoms with Crippen LogP contribution in [0.3, 0.4) is 0 Å². The summed E-state index contributed by atoms with van der Waals surface area (Å²) >= 11 is 0. The van der Waals surface area contributed by atoms with E-state index in [1.165, 1.54) is 36.9 Å². The Morgan fingerprint density at radius 3 is 2.66 bits per heavy atom. The number of nitrogens with zero attached hydrogens (tertiary/aromatic N) is 5. The van der Waals surface area contributed by atoms with Crippen molar-refractivity contribution in [2.24, 2.45) is 0 Å². The molecule has 0 saturated heterocycles. The van der Waals surface area contributed by atoms with Crippen LogP contribution in [-0.2, 0) is 20.2 Å². The molecule has 0 radical (unpaired) electrons. The zero-order chi connectivity index (χ0) is 25.2. The third-order valence-electron chi connectivity index (χ3n) is 5.33. The van der Waals surface area contributed by atoms with E-state index < -0.39 is 32.4 Å². The van der Waals surface area contributed by atoms with Gasteiger partial charge in [-0.1, -0.05) is 0 Å². The van der Waals surface area contributed by atoms with Crippen molar-refractivity contribution in [1.29, 1.82) is 0 Å². The Hall–Kier alpha value is -3.74. The summed E-state index contributed by atoms with van der Waals surface area (Å²) in [5.41, 5.74) is -0.286. The topological polar surface area (TPSA) is 149 Å². The number of hydrogen-bond acceptors (Lipinski definition) is 9. The fourth-order valence-corrected chi connectivity index (χ4v) is 4.38. The molecule has 2 N–H and O–H groups in total. The van der Waals surface area contributed by atoms with E-state index in [1.807, 2.05) is 6.92 Å². The molecule has 1 saturated carbocycles. The van der Waals surface area contributed by atoms with E-state index in [2.05, 4.69) is 35.0 Å². The second-order valence-electron chi connectivity index (χ2n) is 8.42. The molecule has 184 valence electrons. The molecule has 35 heavy (non-hydrogen) atoms. The normalized spacial score (nSPS) is 13.8. The van der Waals surface area contributed by atoms with Gasteiger partial charge in [0.15, 0.2) is 11.6 Å². The Morgan fingerprint density at radius 2 is 1.97 bits per heavy atom. The van der Waals surface area contributed by atoms with Crippen molar-refractivity contribution in [3.05, 3.63) is 48.4 Å². The molecule has 0 unspecified atom stereocenters. The zero-order valence-corrected chi connectivity index (χ0v) is 20.1. The van der Waals surface area contributed by atoms with Crippen LogP contribution >= 0.6 is 0 Å². The number of halogens is 1. The molecule has 1 amide bonds. The molecule has 0 atom stereocenters. The van der Waals surface area contributed by atoms with Crippen molar-refractivity contribution in [3.63, 3.8) is 0 Å². The first-order valence-corrected chi connectivity index (χ1v) is 12.4. The van der Waals surface area contributed by atoms with Gasteiger partial charge in [0.25, 0.3) is 0 Å². The lowest BCUT2D eigenvalue weighted by Crippen LogP contribution is -2.36. The highest BCUT2D eigenvalue weighted by Crippen LogP contribution is 2.30. The van der Waals surface area contributed by atoms with E-state index in [4.69, 9.17) is 4.74 Å². The van der Waals surface area contributed by atoms with Crippen LogP contribution in [0, 0.1) is 5.82 Å². The lowest BCUT2D eigenvalue weighted by Gasteiger charge is -2.23. The highest BCUT2D eigenvalue weighted by molar-refractivity contribution is 7.93. The molecular formula is C22H24FN7O4S. The van der Waals surface area contributed by atoms with Crippen LogP contribution in [0.1, 0.15) is 39.3 Å². The third kappa shape index (κ3) is 5.50. The van der Waals surface area contributed by atoms with E-state index in [9.17, 15) is 17.6 Å². The molecular weight excluding hydrogens is 477 g/mol. The van der Waals surface area contributed by atoms with Gasteiger partial charge < -0.3 is 10.1 Å². The number of pyridine rings is 1. The minimum absolute atomic E-state index is 0.126. The van der Waals surface area contributed by atoms with Crippen molar-refractivity contribution >= 4 is 27.7 Å². The Bertz CT molecular complexity index is 1360. The number of hydrogen-bond donors (Lipinski definition) is 2. The van der Waals surface area contributed by atoms with Gasteiger partial charge in [0, 0.05) is 18.0 Å². The fraction of sp³-hybridized carbons (Fsp3) is 0.364. The summed E-state index contributed by atoms with van der Waals surface area (Å²) < 4.78 is 46.8. The van der Waals surface area contributed by atoms with Crippen molar-refractivity contribution in [2.45, 2.75) is 44.3 Å². The molecule has 0 aromatic carbocycles. The second-order valence-corrected chi connectivity index (χ2v) is 10.4. The maximum absolute atomic E-state index is 14.8. The predicted octanol–water partition coefficient (Wildman–Crippen LogP) is 2.69. The molecule has 1 aliphatic rings. The SMILES string of the molecule is CCOc1cncc(-c2cnc(NC(=O)C(C)(C)c3ccnc(NS(=O)(=O)C4CC4)n3)c(F)c2)n1. The van der Waals surface area contributed by atoms with Crippen molar-refractivity contribution in [1.82, 2.24) is 24.9 Å². The molecule has 3 aromatic rings. The van der Waals surface area contributed by atoms with E-state index in [-0.39, 0.29) is 17.5 Å². The molecule has 1 aliphatic carbocycles. The number of carbonyl (C=O) groups excluding carboxylic acids is 1. The molecule has 0 spiro atoms. The average molecular weight is 502 g/mol. The average Bonchev–Trinajstić information content (AvgIpc) is 3.67. The Balaban J connectivity index is 1.51. The van der Waals surface area contributed by atoms with E-state index >= 15 is 0 Å². The molecule has 4 rings (SSSR count). The number of rotatable bonds is 9. The van der Waals surface area contributed by atoms with Gasteiger partial charge in [0.2, 0.25) is 27.8 Å². The van der Waals surface area contributed by atoms with E-state index in [0.29, 0.717) is 36.6 Å². The largest absolute Gasteiger partial charge is 0.477 e. The Morgan fingerprint density at radius 1 is 1.20 bits per heavy atom. The van der Waals surface area contributed by atoms with Crippen LogP contribution in [0.5, 0.6) is 5.88 Å². The van der Waals surface area contributed by atoms with Gasteiger partial charge in [-0.15, -0.1) is 0 Å². The maximum Gasteiger partial charge on any atom is 0.237 e. The van der Waals surface area contributed by atoms with Gasteiger partial charge in [-0.05, 0) is 45.7 Å². The molecule has 1 fully saturated rings. The number of sulfonamides is 1. The van der Waals surface area contributed by atoms with Gasteiger partial charge in [0.05, 0.1) is 41.1 Å². The number of nitrogens with one attached hydrogen (secondary N) is 2. The van der Waals surface area contributed by atoms with Crippen LogP contribution in [0.2, 0.25) is 0 Å². The molecule has 0 bridgehead atoms. The molecule has 0 aliphatic heterocycles. The Labute approximate surface area is 201 Å². The summed E-state index contributed by atoms with van der Waals surface area (Å²) in [4.78, 5) is 33.5. The van der Waals surface area contributed by atoms with Gasteiger partial charge >= 0.3 is 0 Å². The first kappa shape index (κ1) is 24.4. The highest BCUT2D eigenvalue weighted by atomic mass is 32.2. The first-order chi connectivity index (χ1) is 16.6. The van der Waals surface area contributed by atoms with Crippen LogP contribution in [0.25, 0.3) is 11.3 Å². The summed E-state index contributed by atoms with van der Waals surface area (Å²) in [6.07, 6.45) is 6.79. The summed E-state index contributed by atoms with van der Waals surface area (Å²) in [6.45, 7) is 5.37. The van der Waals surface area contributed by atoms with Crippen molar-refractivity contribution < 1.29 is 22.3 Å². The highest BCUT2D eigenvalue weighted by Gasteiger charge is 2.37. The summed E-state index contributed by atoms with van der Waals surface area (Å²) in [7, 11) is -3.56. The number of anilines is 2. The van der Waals surface area contributed by atoms with Crippen LogP contribution in [0.4, 0.5) is 16.2 Å². The van der Waals surface area contributed by atoms with Crippen LogP contribution in [-0.4, -0.2) is 51.1 Å². The van der Waals surface area contributed by atoms with Crippen LogP contribution < -0.4 is 14.8 Å². The van der Waals surface area contributed by atoms with Crippen LogP contribution in [0.15, 0.2) is 36.9 Å². The molecule has 13 heteroatoms. The molecule has 3 aromatic heterocycles. The van der Waals surface area contributed by atoms with Gasteiger partial charge in [-0.2, -0.15) is 0 Å². The number of carbonyl (C=O) groups is 1. The minimum Gasteiger partial charge on any atom is -0.477 e. The number of ether oxygens (including phenoxy) is 1. The summed E-state index contributed by atoms with van der Waals surface area (Å²) in [6, 6.07) is 2.68. The van der Waals surface area contributed by atoms with Gasteiger partial charge in [-0.25, -0.2) is 32.7 Å². The predicted molar refractivity (Wildman–Crippen MR) is 126 cm³/mol. The second kappa shape index (κ2) is 9.49. The number of aromatic nitrogens is 5. The monoisotopic (exact) mass is 501 g/mol. The lowest BCUT2D eigenvalue weighted by molar-refractivity contribution is -0.120. The third-order valence-corrected chi connectivity index (χ3v) is 7.15. The smallest absolute Gasteiger partial charge is 0.237 e. The van der Waals surface area contributed by atoms with Gasteiger partial charge in [-0.3, -0.25) is 14.5 Å². The standard InChI is InChI=1S/C22H24FN7O4S/c1-4-34-18-12-24-11-16(27-18)13-9-15(23)19(26-10-13)29-20(31)22(2,3)17-7-8-25-21(28-17)30-35(32,33)14-5-6-14/h7-12,14H,4-6H2,1-3H3,(H,25,28,30)(H,26,29,31). The quantitative estimate of drug-likeness (QED) is 0.451. The van der Waals surface area contributed by atoms with E-state index in [1.54, 1.807) is 13.8 Å². The minimum atomic E-state index is -3.56. The van der Waals surface area contributed by atoms with Crippen molar-refractivity contribution in [3.8, 4) is 17.1 Å². The van der Waals surface area contributed by atoms with Crippen molar-refractivity contribution in [2.75, 3.05) is 16.6 Å². The Kier molecular flexibility index (Phi) is 6.61. The van der Waals surface area contributed by atoms with E-state index in [0.717, 1.165) is 0 Å². The van der Waals surface area contributed by atoms with Gasteiger partial charge in [0.1, 0.15) is 0 Å². The fourth-order valence-electron chi connectivity index (χ4n) is 3.10. The summed E-state index contributed by atoms with van der Waals surface area (Å²) in [5, 5.41) is 2.02. The number of amides is 1.